The van der Waals surface area contributed by atoms with E-state index in [1.54, 1.807) is 9.42 Å². The van der Waals surface area contributed by atoms with E-state index >= 15 is 0 Å². The summed E-state index contributed by atoms with van der Waals surface area (Å²) in [4.78, 5) is 19.5. The number of ether oxygens (including phenoxy) is 1. The SMILES string of the molecule is CC.CC1CCSC=C1c1cnn2c(N)c(Br)c(C3CCCN(C(=O)OC(C)(C)C)C3)nc12. The van der Waals surface area contributed by atoms with Crippen LogP contribution in [0, 0.1) is 5.92 Å². The molecule has 1 amide bonds. The number of hydrogen-bond acceptors (Lipinski definition) is 6. The van der Waals surface area contributed by atoms with E-state index in [2.05, 4.69) is 33.4 Å². The minimum atomic E-state index is -0.513. The predicted molar refractivity (Wildman–Crippen MR) is 140 cm³/mol. The number of hydrogen-bond donors (Lipinski definition) is 1. The lowest BCUT2D eigenvalue weighted by molar-refractivity contribution is 0.0197. The van der Waals surface area contributed by atoms with Gasteiger partial charge in [-0.25, -0.2) is 9.78 Å². The van der Waals surface area contributed by atoms with E-state index in [1.807, 2.05) is 52.6 Å². The van der Waals surface area contributed by atoms with Crippen LogP contribution in [0.25, 0.3) is 11.2 Å². The van der Waals surface area contributed by atoms with Gasteiger partial charge in [0.05, 0.1) is 16.4 Å². The van der Waals surface area contributed by atoms with Crippen molar-refractivity contribution in [3.05, 3.63) is 27.3 Å². The fourth-order valence-electron chi connectivity index (χ4n) is 4.17. The minimum absolute atomic E-state index is 0.0813. The first kappa shape index (κ1) is 25.9. The zero-order chi connectivity index (χ0) is 24.3. The number of piperidine rings is 1. The number of allylic oxidation sites excluding steroid dienone is 1. The van der Waals surface area contributed by atoms with Gasteiger partial charge in [-0.3, -0.25) is 0 Å². The molecule has 0 radical (unpaired) electrons. The van der Waals surface area contributed by atoms with Crippen LogP contribution in [0.15, 0.2) is 16.1 Å². The van der Waals surface area contributed by atoms with E-state index < -0.39 is 5.60 Å². The van der Waals surface area contributed by atoms with E-state index in [4.69, 9.17) is 15.5 Å². The van der Waals surface area contributed by atoms with Crippen molar-refractivity contribution in [2.24, 2.45) is 5.92 Å². The molecule has 2 atom stereocenters. The van der Waals surface area contributed by atoms with E-state index in [0.717, 1.165) is 46.4 Å². The molecule has 182 valence electrons. The van der Waals surface area contributed by atoms with Crippen LogP contribution in [0.2, 0.25) is 0 Å². The van der Waals surface area contributed by atoms with E-state index in [1.165, 1.54) is 5.57 Å². The van der Waals surface area contributed by atoms with Crippen molar-refractivity contribution in [3.63, 3.8) is 0 Å². The van der Waals surface area contributed by atoms with Gasteiger partial charge in [-0.05, 0) is 78.6 Å². The van der Waals surface area contributed by atoms with E-state index in [-0.39, 0.29) is 12.0 Å². The standard InChI is InChI=1S/C22H30BrN5O2S.C2H6/c1-13-7-9-31-12-16(13)15-10-25-28-19(24)17(23)18(26-20(15)28)14-6-5-8-27(11-14)21(29)30-22(2,3)4;1-2/h10,12-14H,5-9,11,24H2,1-4H3;1-2H3. The zero-order valence-corrected chi connectivity index (χ0v) is 22.9. The van der Waals surface area contributed by atoms with Gasteiger partial charge in [-0.1, -0.05) is 20.8 Å². The molecule has 4 heterocycles. The molecule has 4 rings (SSSR count). The maximum Gasteiger partial charge on any atom is 0.410 e. The first-order valence-electron chi connectivity index (χ1n) is 11.8. The predicted octanol–water partition coefficient (Wildman–Crippen LogP) is 6.33. The van der Waals surface area contributed by atoms with Crippen LogP contribution in [0.1, 0.15) is 78.0 Å². The number of amides is 1. The summed E-state index contributed by atoms with van der Waals surface area (Å²) in [6, 6.07) is 0. The topological polar surface area (TPSA) is 85.8 Å². The van der Waals surface area contributed by atoms with Gasteiger partial charge in [0.25, 0.3) is 0 Å². The number of nitrogen functional groups attached to an aromatic ring is 1. The van der Waals surface area contributed by atoms with Crippen LogP contribution in [0.4, 0.5) is 10.6 Å². The quantitative estimate of drug-likeness (QED) is 0.481. The molecule has 2 aromatic rings. The second kappa shape index (κ2) is 10.7. The third-order valence-electron chi connectivity index (χ3n) is 5.83. The Balaban J connectivity index is 0.00000149. The lowest BCUT2D eigenvalue weighted by atomic mass is 9.93. The second-order valence-electron chi connectivity index (χ2n) is 9.39. The summed E-state index contributed by atoms with van der Waals surface area (Å²) < 4.78 is 8.06. The summed E-state index contributed by atoms with van der Waals surface area (Å²) in [7, 11) is 0. The third-order valence-corrected chi connectivity index (χ3v) is 7.53. The highest BCUT2D eigenvalue weighted by Gasteiger charge is 2.31. The third kappa shape index (κ3) is 5.67. The second-order valence-corrected chi connectivity index (χ2v) is 11.2. The lowest BCUT2D eigenvalue weighted by Crippen LogP contribution is -2.42. The molecule has 2 aliphatic rings. The Hall–Kier alpha value is -1.74. The molecule has 2 unspecified atom stereocenters. The molecule has 0 spiro atoms. The molecule has 1 fully saturated rings. The highest BCUT2D eigenvalue weighted by molar-refractivity contribution is 9.10. The Labute approximate surface area is 209 Å². The average molecular weight is 539 g/mol. The molecule has 9 heteroatoms. The van der Waals surface area contributed by atoms with E-state index in [0.29, 0.717) is 24.8 Å². The van der Waals surface area contributed by atoms with Crippen molar-refractivity contribution < 1.29 is 9.53 Å². The van der Waals surface area contributed by atoms with Crippen molar-refractivity contribution in [1.82, 2.24) is 19.5 Å². The van der Waals surface area contributed by atoms with Gasteiger partial charge in [0, 0.05) is 24.6 Å². The molecule has 1 saturated heterocycles. The summed E-state index contributed by atoms with van der Waals surface area (Å²) in [5.41, 5.74) is 9.93. The van der Waals surface area contributed by atoms with Crippen molar-refractivity contribution in [3.8, 4) is 0 Å². The number of halogens is 1. The molecule has 2 aliphatic heterocycles. The van der Waals surface area contributed by atoms with Crippen molar-refractivity contribution in [1.29, 1.82) is 0 Å². The maximum atomic E-state index is 12.6. The smallest absolute Gasteiger partial charge is 0.410 e. The Bertz CT molecular complexity index is 1030. The normalized spacial score (nSPS) is 21.3. The number of nitrogens with two attached hydrogens (primary N) is 1. The summed E-state index contributed by atoms with van der Waals surface area (Å²) in [5, 5.41) is 6.75. The van der Waals surface area contributed by atoms with Gasteiger partial charge in [-0.2, -0.15) is 9.61 Å². The maximum absolute atomic E-state index is 12.6. The Morgan fingerprint density at radius 3 is 2.70 bits per heavy atom. The fourth-order valence-corrected chi connectivity index (χ4v) is 5.90. The molecule has 33 heavy (non-hydrogen) atoms. The van der Waals surface area contributed by atoms with Crippen LogP contribution in [-0.4, -0.2) is 50.0 Å². The first-order valence-corrected chi connectivity index (χ1v) is 13.6. The molecule has 0 aliphatic carbocycles. The van der Waals surface area contributed by atoms with Crippen LogP contribution < -0.4 is 5.73 Å². The van der Waals surface area contributed by atoms with Gasteiger partial charge in [0.2, 0.25) is 0 Å². The minimum Gasteiger partial charge on any atom is -0.444 e. The summed E-state index contributed by atoms with van der Waals surface area (Å²) in [6.45, 7) is 13.2. The van der Waals surface area contributed by atoms with Gasteiger partial charge in [0.1, 0.15) is 11.4 Å². The average Bonchev–Trinajstić information content (AvgIpc) is 3.21. The van der Waals surface area contributed by atoms with Gasteiger partial charge in [-0.15, -0.1) is 11.8 Å². The summed E-state index contributed by atoms with van der Waals surface area (Å²) >= 11 is 5.49. The number of thioether (sulfide) groups is 1. The molecule has 7 nitrogen and oxygen atoms in total. The molecule has 0 bridgehead atoms. The van der Waals surface area contributed by atoms with Crippen molar-refractivity contribution >= 4 is 50.8 Å². The van der Waals surface area contributed by atoms with Gasteiger partial charge >= 0.3 is 6.09 Å². The van der Waals surface area contributed by atoms with Crippen molar-refractivity contribution in [2.75, 3.05) is 24.6 Å². The van der Waals surface area contributed by atoms with E-state index in [9.17, 15) is 4.79 Å². The number of rotatable bonds is 2. The largest absolute Gasteiger partial charge is 0.444 e. The highest BCUT2D eigenvalue weighted by atomic mass is 79.9. The number of carbonyl (C=O) groups is 1. The van der Waals surface area contributed by atoms with Gasteiger partial charge < -0.3 is 15.4 Å². The van der Waals surface area contributed by atoms with Crippen molar-refractivity contribution in [2.45, 2.75) is 72.3 Å². The zero-order valence-electron chi connectivity index (χ0n) is 20.5. The molecular weight excluding hydrogens is 502 g/mol. The number of carbonyl (C=O) groups excluding carboxylic acids is 1. The summed E-state index contributed by atoms with van der Waals surface area (Å²) in [5.74, 6) is 2.22. The molecule has 0 saturated carbocycles. The molecular formula is C24H36BrN5O2S. The molecule has 2 aromatic heterocycles. The number of anilines is 1. The summed E-state index contributed by atoms with van der Waals surface area (Å²) in [6.07, 6.45) is 4.58. The fraction of sp³-hybridized carbons (Fsp3) is 0.625. The van der Waals surface area contributed by atoms with Gasteiger partial charge in [0.15, 0.2) is 5.65 Å². The Kier molecular flexibility index (Phi) is 8.37. The van der Waals surface area contributed by atoms with Crippen LogP contribution in [-0.2, 0) is 4.74 Å². The monoisotopic (exact) mass is 537 g/mol. The molecule has 2 N–H and O–H groups in total. The Morgan fingerprint density at radius 2 is 2.03 bits per heavy atom. The lowest BCUT2D eigenvalue weighted by Gasteiger charge is -2.34. The van der Waals surface area contributed by atoms with Crippen LogP contribution >= 0.6 is 27.7 Å². The number of nitrogens with zero attached hydrogens (tertiary/aromatic N) is 4. The van der Waals surface area contributed by atoms with Crippen LogP contribution in [0.3, 0.4) is 0 Å². The number of likely N-dealkylation sites (tertiary alicyclic amines) is 1. The highest BCUT2D eigenvalue weighted by Crippen LogP contribution is 2.39. The first-order chi connectivity index (χ1) is 15.7. The number of fused-ring (bicyclic) bond motifs is 1. The van der Waals surface area contributed by atoms with Crippen LogP contribution in [0.5, 0.6) is 0 Å². The molecule has 0 aromatic carbocycles. The Morgan fingerprint density at radius 1 is 1.30 bits per heavy atom. The number of aromatic nitrogens is 3.